The van der Waals surface area contributed by atoms with E-state index in [-0.39, 0.29) is 29.8 Å². The number of pyridine rings is 2. The van der Waals surface area contributed by atoms with Gasteiger partial charge in [0.25, 0.3) is 0 Å². The van der Waals surface area contributed by atoms with Crippen LogP contribution in [0, 0.1) is 6.92 Å². The molecule has 1 aliphatic carbocycles. The Labute approximate surface area is 248 Å². The molecule has 0 bridgehead atoms. The molecule has 11 heteroatoms. The van der Waals surface area contributed by atoms with Gasteiger partial charge in [0.15, 0.2) is 11.5 Å². The minimum absolute atomic E-state index is 0.0232. The fourth-order valence-electron chi connectivity index (χ4n) is 5.54. The van der Waals surface area contributed by atoms with Crippen molar-refractivity contribution >= 4 is 17.7 Å². The molecule has 9 nitrogen and oxygen atoms in total. The maximum Gasteiger partial charge on any atom is 0.586 e. The molecule has 0 unspecified atom stereocenters. The molecule has 1 aromatic carbocycles. The smallest absolute Gasteiger partial charge is 0.444 e. The molecule has 3 aromatic rings. The van der Waals surface area contributed by atoms with Crippen molar-refractivity contribution in [3.63, 3.8) is 0 Å². The van der Waals surface area contributed by atoms with Crippen LogP contribution in [0.25, 0.3) is 11.4 Å². The number of carbonyl (C=O) groups excluding carboxylic acids is 2. The third-order valence-corrected chi connectivity index (χ3v) is 7.97. The van der Waals surface area contributed by atoms with Crippen LogP contribution in [0.4, 0.5) is 19.4 Å². The van der Waals surface area contributed by atoms with Crippen molar-refractivity contribution in [2.45, 2.75) is 64.3 Å². The number of Topliss-reactive ketones (excluding diaryl/α,β-unsaturated/α-hetero) is 1. The van der Waals surface area contributed by atoms with Crippen LogP contribution in [0.5, 0.6) is 11.5 Å². The van der Waals surface area contributed by atoms with Crippen molar-refractivity contribution in [3.8, 4) is 22.9 Å². The maximum absolute atomic E-state index is 13.5. The summed E-state index contributed by atoms with van der Waals surface area (Å²) in [7, 11) is 0. The number of amides is 1. The van der Waals surface area contributed by atoms with Gasteiger partial charge < -0.3 is 24.0 Å². The number of alkyl halides is 2. The molecule has 1 amide bonds. The van der Waals surface area contributed by atoms with Crippen molar-refractivity contribution in [1.82, 2.24) is 14.9 Å². The van der Waals surface area contributed by atoms with E-state index in [4.69, 9.17) is 14.7 Å². The first-order chi connectivity index (χ1) is 20.3. The number of fused-ring (bicyclic) bond motifs is 1. The average Bonchev–Trinajstić information content (AvgIpc) is 3.70. The molecule has 6 rings (SSSR count). The van der Waals surface area contributed by atoms with Gasteiger partial charge in [-0.3, -0.25) is 9.78 Å². The molecule has 226 valence electrons. The number of anilines is 1. The van der Waals surface area contributed by atoms with Gasteiger partial charge in [0.05, 0.1) is 16.8 Å². The highest BCUT2D eigenvalue weighted by Gasteiger charge is 2.52. The number of carbonyl (C=O) groups is 2. The van der Waals surface area contributed by atoms with Crippen LogP contribution in [-0.2, 0) is 21.4 Å². The Kier molecular flexibility index (Phi) is 7.01. The van der Waals surface area contributed by atoms with Crippen LogP contribution >= 0.6 is 0 Å². The van der Waals surface area contributed by atoms with Gasteiger partial charge >= 0.3 is 12.4 Å². The van der Waals surface area contributed by atoms with Crippen LogP contribution in [-0.4, -0.2) is 64.8 Å². The number of piperazine rings is 1. The van der Waals surface area contributed by atoms with Crippen molar-refractivity contribution in [2.24, 2.45) is 0 Å². The molecule has 0 spiro atoms. The second-order valence-electron chi connectivity index (χ2n) is 12.3. The highest BCUT2D eigenvalue weighted by atomic mass is 19.3. The summed E-state index contributed by atoms with van der Waals surface area (Å²) in [5, 5.41) is 0. The average molecular weight is 593 g/mol. The van der Waals surface area contributed by atoms with E-state index in [9.17, 15) is 18.4 Å². The Morgan fingerprint density at radius 3 is 2.37 bits per heavy atom. The molecule has 2 fully saturated rings. The van der Waals surface area contributed by atoms with E-state index >= 15 is 0 Å². The maximum atomic E-state index is 13.5. The number of halogens is 2. The zero-order chi connectivity index (χ0) is 30.6. The second kappa shape index (κ2) is 10.5. The zero-order valence-corrected chi connectivity index (χ0v) is 24.7. The van der Waals surface area contributed by atoms with Gasteiger partial charge in [0, 0.05) is 38.3 Å². The molecule has 0 N–H and O–H groups in total. The highest BCUT2D eigenvalue weighted by molar-refractivity contribution is 5.94. The van der Waals surface area contributed by atoms with Gasteiger partial charge in [-0.1, -0.05) is 18.2 Å². The molecule has 0 radical (unpaired) electrons. The SMILES string of the molecule is Cc1ccc(CC(=O)C2(c3ccc4c(c3)OC(F)(F)O4)CC2)nc1-c1cccc(N2CCN(C(=O)OC(C)(C)C)CC2)n1. The summed E-state index contributed by atoms with van der Waals surface area (Å²) >= 11 is 0. The minimum Gasteiger partial charge on any atom is -0.444 e. The number of aromatic nitrogens is 2. The van der Waals surface area contributed by atoms with Gasteiger partial charge in [-0.05, 0) is 82.0 Å². The summed E-state index contributed by atoms with van der Waals surface area (Å²) in [6.45, 7) is 9.82. The molecule has 4 heterocycles. The van der Waals surface area contributed by atoms with Gasteiger partial charge in [0.2, 0.25) is 0 Å². The third kappa shape index (κ3) is 5.98. The number of rotatable bonds is 6. The number of ether oxygens (including phenoxy) is 3. The number of hydrogen-bond acceptors (Lipinski definition) is 8. The number of benzene rings is 1. The van der Waals surface area contributed by atoms with Crippen LogP contribution in [0.15, 0.2) is 48.5 Å². The molecule has 0 atom stereocenters. The van der Waals surface area contributed by atoms with Crippen LogP contribution in [0.2, 0.25) is 0 Å². The first kappa shape index (κ1) is 28.8. The van der Waals surface area contributed by atoms with E-state index in [1.54, 1.807) is 11.0 Å². The first-order valence-corrected chi connectivity index (χ1v) is 14.4. The Morgan fingerprint density at radius 2 is 1.67 bits per heavy atom. The predicted octanol–water partition coefficient (Wildman–Crippen LogP) is 5.67. The van der Waals surface area contributed by atoms with E-state index < -0.39 is 17.3 Å². The van der Waals surface area contributed by atoms with Gasteiger partial charge in [0.1, 0.15) is 17.2 Å². The largest absolute Gasteiger partial charge is 0.586 e. The molecule has 3 aliphatic rings. The molecule has 1 saturated carbocycles. The van der Waals surface area contributed by atoms with Crippen LogP contribution in [0.3, 0.4) is 0 Å². The lowest BCUT2D eigenvalue weighted by Gasteiger charge is -2.36. The predicted molar refractivity (Wildman–Crippen MR) is 154 cm³/mol. The number of hydrogen-bond donors (Lipinski definition) is 0. The summed E-state index contributed by atoms with van der Waals surface area (Å²) < 4.78 is 41.6. The minimum atomic E-state index is -3.70. The van der Waals surface area contributed by atoms with Crippen molar-refractivity contribution in [3.05, 3.63) is 65.4 Å². The first-order valence-electron chi connectivity index (χ1n) is 14.4. The number of nitrogens with zero attached hydrogens (tertiary/aromatic N) is 4. The molecular formula is C32H34F2N4O5. The van der Waals surface area contributed by atoms with Gasteiger partial charge in [-0.15, -0.1) is 8.78 Å². The zero-order valence-electron chi connectivity index (χ0n) is 24.7. The fourth-order valence-corrected chi connectivity index (χ4v) is 5.54. The molecular weight excluding hydrogens is 558 g/mol. The molecule has 2 aliphatic heterocycles. The second-order valence-corrected chi connectivity index (χ2v) is 12.3. The summed E-state index contributed by atoms with van der Waals surface area (Å²) in [6, 6.07) is 14.1. The van der Waals surface area contributed by atoms with Gasteiger partial charge in [-0.2, -0.15) is 0 Å². The van der Waals surface area contributed by atoms with Crippen LogP contribution in [0.1, 0.15) is 50.4 Å². The normalized spacial score (nSPS) is 18.4. The summed E-state index contributed by atoms with van der Waals surface area (Å²) in [4.78, 5) is 39.6. The van der Waals surface area contributed by atoms with E-state index in [2.05, 4.69) is 14.4 Å². The fraction of sp³-hybridized carbons (Fsp3) is 0.438. The van der Waals surface area contributed by atoms with E-state index in [1.807, 2.05) is 58.0 Å². The Hall–Kier alpha value is -4.28. The Balaban J connectivity index is 1.15. The quantitative estimate of drug-likeness (QED) is 0.361. The van der Waals surface area contributed by atoms with E-state index in [0.717, 1.165) is 11.4 Å². The van der Waals surface area contributed by atoms with Crippen molar-refractivity contribution in [1.29, 1.82) is 0 Å². The number of aryl methyl sites for hydroxylation is 1. The van der Waals surface area contributed by atoms with E-state index in [0.29, 0.717) is 61.7 Å². The van der Waals surface area contributed by atoms with E-state index in [1.165, 1.54) is 12.1 Å². The van der Waals surface area contributed by atoms with Crippen molar-refractivity contribution in [2.75, 3.05) is 31.1 Å². The lowest BCUT2D eigenvalue weighted by Crippen LogP contribution is -2.50. The summed E-state index contributed by atoms with van der Waals surface area (Å²) in [6.07, 6.45) is -2.65. The van der Waals surface area contributed by atoms with Gasteiger partial charge in [-0.25, -0.2) is 9.78 Å². The van der Waals surface area contributed by atoms with Crippen LogP contribution < -0.4 is 14.4 Å². The lowest BCUT2D eigenvalue weighted by atomic mass is 9.88. The Bertz CT molecular complexity index is 1580. The van der Waals surface area contributed by atoms with Crippen molar-refractivity contribution < 1.29 is 32.6 Å². The Morgan fingerprint density at radius 1 is 0.953 bits per heavy atom. The standard InChI is InChI=1S/C32H34F2N4O5/c1-20-8-10-22(19-26(39)31(12-13-31)21-9-11-24-25(18-21)42-32(33,34)41-24)35-28(20)23-6-5-7-27(36-23)37-14-16-38(17-15-37)29(40)43-30(2,3)4/h5-11,18H,12-17,19H2,1-4H3. The lowest BCUT2D eigenvalue weighted by molar-refractivity contribution is -0.286. The number of ketones is 1. The molecule has 1 saturated heterocycles. The monoisotopic (exact) mass is 592 g/mol. The molecule has 2 aromatic heterocycles. The molecule has 43 heavy (non-hydrogen) atoms. The highest BCUT2D eigenvalue weighted by Crippen LogP contribution is 2.52. The third-order valence-electron chi connectivity index (χ3n) is 7.97. The topological polar surface area (TPSA) is 94.1 Å². The summed E-state index contributed by atoms with van der Waals surface area (Å²) in [5.41, 5.74) is 2.27. The summed E-state index contributed by atoms with van der Waals surface area (Å²) in [5.74, 6) is 0.662.